The highest BCUT2D eigenvalue weighted by atomic mass is 35.5. The fourth-order valence-electron chi connectivity index (χ4n) is 2.39. The normalized spacial score (nSPS) is 11.3. The third kappa shape index (κ3) is 5.79. The van der Waals surface area contributed by atoms with Gasteiger partial charge in [0.05, 0.1) is 12.0 Å². The fourth-order valence-corrected chi connectivity index (χ4v) is 3.48. The summed E-state index contributed by atoms with van der Waals surface area (Å²) in [6.45, 7) is 0. The Morgan fingerprint density at radius 2 is 1.83 bits per heavy atom. The zero-order valence-electron chi connectivity index (χ0n) is 15.7. The maximum atomic E-state index is 12.4. The lowest BCUT2D eigenvalue weighted by Crippen LogP contribution is -2.14. The first kappa shape index (κ1) is 21.3. The van der Waals surface area contributed by atoms with Crippen LogP contribution >= 0.6 is 11.6 Å². The first-order chi connectivity index (χ1) is 14.4. The molecule has 3 aromatic rings. The number of hydrogen-bond acceptors (Lipinski definition) is 6. The van der Waals surface area contributed by atoms with Crippen molar-refractivity contribution in [3.8, 4) is 5.75 Å². The summed E-state index contributed by atoms with van der Waals surface area (Å²) in [7, 11) is -2.29. The van der Waals surface area contributed by atoms with Crippen LogP contribution in [0.2, 0.25) is 5.15 Å². The van der Waals surface area contributed by atoms with E-state index in [1.54, 1.807) is 25.3 Å². The van der Waals surface area contributed by atoms with E-state index in [-0.39, 0.29) is 21.8 Å². The van der Waals surface area contributed by atoms with Gasteiger partial charge in [-0.25, -0.2) is 8.42 Å². The van der Waals surface area contributed by atoms with Gasteiger partial charge in [0.2, 0.25) is 5.91 Å². The maximum absolute atomic E-state index is 12.4. The molecule has 0 aliphatic heterocycles. The highest BCUT2D eigenvalue weighted by Gasteiger charge is 2.15. The number of ether oxygens (including phenoxy) is 1. The van der Waals surface area contributed by atoms with Crippen molar-refractivity contribution in [1.29, 1.82) is 0 Å². The van der Waals surface area contributed by atoms with Crippen molar-refractivity contribution in [3.63, 3.8) is 0 Å². The van der Waals surface area contributed by atoms with Crippen LogP contribution < -0.4 is 14.8 Å². The number of hydrogen-bond donors (Lipinski definition) is 2. The number of halogens is 1. The van der Waals surface area contributed by atoms with Gasteiger partial charge in [-0.1, -0.05) is 23.7 Å². The molecule has 3 rings (SSSR count). The van der Waals surface area contributed by atoms with E-state index < -0.39 is 10.0 Å². The third-order valence-corrected chi connectivity index (χ3v) is 5.40. The van der Waals surface area contributed by atoms with E-state index >= 15 is 0 Å². The Morgan fingerprint density at radius 1 is 1.07 bits per heavy atom. The third-order valence-electron chi connectivity index (χ3n) is 3.82. The fraction of sp³-hybridized carbons (Fsp3) is 0.0500. The molecule has 154 valence electrons. The van der Waals surface area contributed by atoms with E-state index in [9.17, 15) is 13.2 Å². The molecular weight excluding hydrogens is 428 g/mol. The van der Waals surface area contributed by atoms with E-state index in [1.165, 1.54) is 42.5 Å². The van der Waals surface area contributed by atoms with Gasteiger partial charge in [0, 0.05) is 11.8 Å². The monoisotopic (exact) mass is 444 g/mol. The van der Waals surface area contributed by atoms with Crippen molar-refractivity contribution in [3.05, 3.63) is 77.5 Å². The van der Waals surface area contributed by atoms with Crippen LogP contribution in [0.3, 0.4) is 0 Å². The first-order valence-corrected chi connectivity index (χ1v) is 10.5. The summed E-state index contributed by atoms with van der Waals surface area (Å²) >= 11 is 5.63. The molecule has 0 fully saturated rings. The molecule has 1 aromatic heterocycles. The van der Waals surface area contributed by atoms with Gasteiger partial charge < -0.3 is 10.1 Å². The molecule has 0 unspecified atom stereocenters. The van der Waals surface area contributed by atoms with Gasteiger partial charge in [-0.2, -0.15) is 0 Å². The van der Waals surface area contributed by atoms with Crippen LogP contribution in [0.15, 0.2) is 71.6 Å². The molecule has 0 atom stereocenters. The van der Waals surface area contributed by atoms with Crippen molar-refractivity contribution in [2.24, 2.45) is 0 Å². The summed E-state index contributed by atoms with van der Waals surface area (Å²) < 4.78 is 32.3. The van der Waals surface area contributed by atoms with Gasteiger partial charge in [0.1, 0.15) is 5.75 Å². The zero-order valence-corrected chi connectivity index (χ0v) is 17.3. The van der Waals surface area contributed by atoms with Crippen molar-refractivity contribution >= 4 is 45.1 Å². The van der Waals surface area contributed by atoms with Crippen LogP contribution in [-0.4, -0.2) is 31.6 Å². The van der Waals surface area contributed by atoms with Crippen molar-refractivity contribution in [1.82, 2.24) is 10.2 Å². The number of nitrogens with zero attached hydrogens (tertiary/aromatic N) is 2. The molecule has 8 nitrogen and oxygen atoms in total. The minimum absolute atomic E-state index is 0.00386. The molecule has 0 bridgehead atoms. The number of carbonyl (C=O) groups is 1. The van der Waals surface area contributed by atoms with Gasteiger partial charge in [0.25, 0.3) is 10.0 Å². The first-order valence-electron chi connectivity index (χ1n) is 8.61. The summed E-state index contributed by atoms with van der Waals surface area (Å²) in [6, 6.07) is 15.8. The second-order valence-corrected chi connectivity index (χ2v) is 8.04. The maximum Gasteiger partial charge on any atom is 0.263 e. The summed E-state index contributed by atoms with van der Waals surface area (Å²) in [6.07, 6.45) is 3.02. The van der Waals surface area contributed by atoms with Crippen LogP contribution in [0, 0.1) is 0 Å². The van der Waals surface area contributed by atoms with Gasteiger partial charge in [-0.05, 0) is 60.2 Å². The minimum Gasteiger partial charge on any atom is -0.497 e. The van der Waals surface area contributed by atoms with Crippen LogP contribution in [0.4, 0.5) is 11.5 Å². The quantitative estimate of drug-likeness (QED) is 0.539. The molecule has 0 aliphatic carbocycles. The molecule has 1 heterocycles. The van der Waals surface area contributed by atoms with E-state index in [4.69, 9.17) is 16.3 Å². The Morgan fingerprint density at radius 3 is 2.50 bits per heavy atom. The average molecular weight is 445 g/mol. The Hall–Kier alpha value is -3.43. The average Bonchev–Trinajstić information content (AvgIpc) is 2.74. The Bertz CT molecular complexity index is 1160. The van der Waals surface area contributed by atoms with E-state index in [0.29, 0.717) is 11.4 Å². The topological polar surface area (TPSA) is 110 Å². The molecule has 0 saturated carbocycles. The van der Waals surface area contributed by atoms with Gasteiger partial charge in [-0.15, -0.1) is 10.2 Å². The summed E-state index contributed by atoms with van der Waals surface area (Å²) in [5.41, 5.74) is 1.25. The standard InChI is InChI=1S/C20H17ClN4O4S/c1-29-16-4-2-3-14(13-16)5-12-20(26)22-15-6-8-17(9-7-15)30(27,28)25-19-11-10-18(21)23-24-19/h2-13H,1H3,(H,22,26)(H,24,25)/b12-5+. The molecule has 0 radical (unpaired) electrons. The lowest BCUT2D eigenvalue weighted by Gasteiger charge is -2.08. The van der Waals surface area contributed by atoms with Gasteiger partial charge >= 0.3 is 0 Å². The number of benzene rings is 2. The SMILES string of the molecule is COc1cccc(/C=C/C(=O)Nc2ccc(S(=O)(=O)Nc3ccc(Cl)nn3)cc2)c1. The van der Waals surface area contributed by atoms with Crippen LogP contribution in [0.25, 0.3) is 6.08 Å². The Labute approximate surface area is 178 Å². The lowest BCUT2D eigenvalue weighted by atomic mass is 10.2. The summed E-state index contributed by atoms with van der Waals surface area (Å²) in [4.78, 5) is 12.1. The summed E-state index contributed by atoms with van der Waals surface area (Å²) in [5.74, 6) is 0.370. The molecule has 10 heteroatoms. The largest absolute Gasteiger partial charge is 0.497 e. The number of sulfonamides is 1. The molecule has 30 heavy (non-hydrogen) atoms. The number of rotatable bonds is 7. The number of nitrogens with one attached hydrogen (secondary N) is 2. The zero-order chi connectivity index (χ0) is 21.6. The number of aromatic nitrogens is 2. The van der Waals surface area contributed by atoms with E-state index in [2.05, 4.69) is 20.2 Å². The molecule has 0 aliphatic rings. The highest BCUT2D eigenvalue weighted by Crippen LogP contribution is 2.18. The van der Waals surface area contributed by atoms with Gasteiger partial charge in [-0.3, -0.25) is 9.52 Å². The molecule has 2 aromatic carbocycles. The smallest absolute Gasteiger partial charge is 0.263 e. The second-order valence-electron chi connectivity index (χ2n) is 5.97. The van der Waals surface area contributed by atoms with Crippen LogP contribution in [0.5, 0.6) is 5.75 Å². The molecule has 0 saturated heterocycles. The molecule has 2 N–H and O–H groups in total. The number of anilines is 2. The van der Waals surface area contributed by atoms with Crippen molar-refractivity contribution in [2.45, 2.75) is 4.90 Å². The predicted octanol–water partition coefficient (Wildman–Crippen LogP) is 3.59. The van der Waals surface area contributed by atoms with Gasteiger partial charge in [0.15, 0.2) is 11.0 Å². The van der Waals surface area contributed by atoms with Crippen molar-refractivity contribution < 1.29 is 17.9 Å². The highest BCUT2D eigenvalue weighted by molar-refractivity contribution is 7.92. The molecule has 0 spiro atoms. The Kier molecular flexibility index (Phi) is 6.65. The van der Waals surface area contributed by atoms with E-state index in [1.807, 2.05) is 12.1 Å². The molecular formula is C20H17ClN4O4S. The van der Waals surface area contributed by atoms with Crippen LogP contribution in [-0.2, 0) is 14.8 Å². The second kappa shape index (κ2) is 9.38. The minimum atomic E-state index is -3.86. The van der Waals surface area contributed by atoms with E-state index in [0.717, 1.165) is 5.56 Å². The number of carbonyl (C=O) groups excluding carboxylic acids is 1. The Balaban J connectivity index is 1.64. The predicted molar refractivity (Wildman–Crippen MR) is 115 cm³/mol. The molecule has 1 amide bonds. The van der Waals surface area contributed by atoms with Crippen molar-refractivity contribution in [2.75, 3.05) is 17.1 Å². The number of methoxy groups -OCH3 is 1. The van der Waals surface area contributed by atoms with Crippen LogP contribution in [0.1, 0.15) is 5.56 Å². The number of amides is 1. The summed E-state index contributed by atoms with van der Waals surface area (Å²) in [5, 5.41) is 10.1. The lowest BCUT2D eigenvalue weighted by molar-refractivity contribution is -0.111.